The van der Waals surface area contributed by atoms with Crippen LogP contribution < -0.4 is 5.32 Å². The number of hydrogen-bond donors (Lipinski definition) is 1. The van der Waals surface area contributed by atoms with Crippen molar-refractivity contribution in [3.8, 4) is 0 Å². The molecule has 5 heteroatoms. The minimum absolute atomic E-state index is 0.0160. The number of nitrogens with one attached hydrogen (secondary N) is 1. The van der Waals surface area contributed by atoms with Gasteiger partial charge >= 0.3 is 11.9 Å². The van der Waals surface area contributed by atoms with Crippen molar-refractivity contribution in [2.45, 2.75) is 80.6 Å². The Bertz CT molecular complexity index is 484. The number of carbonyl (C=O) groups excluding carboxylic acids is 2. The van der Waals surface area contributed by atoms with Gasteiger partial charge in [-0.2, -0.15) is 0 Å². The molecule has 1 fully saturated rings. The quantitative estimate of drug-likeness (QED) is 0.499. The largest absolute Gasteiger partial charge is 0.462 e. The molecule has 1 aliphatic heterocycles. The van der Waals surface area contributed by atoms with Crippen molar-refractivity contribution in [1.29, 1.82) is 0 Å². The maximum absolute atomic E-state index is 12.8. The van der Waals surface area contributed by atoms with E-state index in [0.29, 0.717) is 12.3 Å². The highest BCUT2D eigenvalue weighted by Crippen LogP contribution is 2.47. The average molecular weight is 384 g/mol. The first kappa shape index (κ1) is 23.9. The van der Waals surface area contributed by atoms with Crippen LogP contribution in [-0.4, -0.2) is 38.2 Å². The van der Waals surface area contributed by atoms with Gasteiger partial charge in [0.05, 0.1) is 5.41 Å². The lowest BCUT2D eigenvalue weighted by Gasteiger charge is -2.43. The maximum atomic E-state index is 12.8. The lowest BCUT2D eigenvalue weighted by atomic mass is 9.61. The summed E-state index contributed by atoms with van der Waals surface area (Å²) in [6.07, 6.45) is 4.32. The molecule has 0 bridgehead atoms. The van der Waals surface area contributed by atoms with Crippen LogP contribution in [0.4, 0.5) is 0 Å². The number of ether oxygens (including phenoxy) is 2. The first-order chi connectivity index (χ1) is 12.3. The van der Waals surface area contributed by atoms with E-state index in [1.165, 1.54) is 0 Å². The third kappa shape index (κ3) is 8.20. The summed E-state index contributed by atoms with van der Waals surface area (Å²) in [6, 6.07) is 0. The molecule has 0 aromatic rings. The zero-order valence-electron chi connectivity index (χ0n) is 18.6. The lowest BCUT2D eigenvalue weighted by Crippen LogP contribution is -2.44. The van der Waals surface area contributed by atoms with Crippen LogP contribution in [0.15, 0.2) is 0 Å². The van der Waals surface area contributed by atoms with Gasteiger partial charge in [-0.05, 0) is 62.4 Å². The van der Waals surface area contributed by atoms with E-state index in [1.54, 1.807) is 0 Å². The van der Waals surface area contributed by atoms with Crippen molar-refractivity contribution < 1.29 is 19.1 Å². The summed E-state index contributed by atoms with van der Waals surface area (Å²) in [7, 11) is 0. The van der Waals surface area contributed by atoms with Crippen LogP contribution in [0.3, 0.4) is 0 Å². The summed E-state index contributed by atoms with van der Waals surface area (Å²) in [5, 5.41) is 3.33. The van der Waals surface area contributed by atoms with Crippen LogP contribution >= 0.6 is 0 Å². The van der Waals surface area contributed by atoms with Gasteiger partial charge in [-0.15, -0.1) is 0 Å². The lowest BCUT2D eigenvalue weighted by molar-refractivity contribution is -0.168. The van der Waals surface area contributed by atoms with E-state index in [2.05, 4.69) is 46.9 Å². The Hall–Kier alpha value is -1.10. The highest BCUT2D eigenvalue weighted by Gasteiger charge is 2.47. The van der Waals surface area contributed by atoms with Crippen LogP contribution in [0.25, 0.3) is 0 Å². The van der Waals surface area contributed by atoms with Gasteiger partial charge in [-0.25, -0.2) is 0 Å². The van der Waals surface area contributed by atoms with E-state index < -0.39 is 5.41 Å². The first-order valence-electron chi connectivity index (χ1n) is 10.4. The average Bonchev–Trinajstić information content (AvgIpc) is 2.55. The van der Waals surface area contributed by atoms with Crippen LogP contribution in [0.5, 0.6) is 0 Å². The van der Waals surface area contributed by atoms with Crippen LogP contribution in [0, 0.1) is 22.2 Å². The highest BCUT2D eigenvalue weighted by molar-refractivity contribution is 5.77. The Kier molecular flexibility index (Phi) is 8.78. The van der Waals surface area contributed by atoms with Gasteiger partial charge in [-0.1, -0.05) is 41.5 Å². The van der Waals surface area contributed by atoms with Crippen molar-refractivity contribution in [3.63, 3.8) is 0 Å². The van der Waals surface area contributed by atoms with Gasteiger partial charge in [0.2, 0.25) is 0 Å². The fourth-order valence-electron chi connectivity index (χ4n) is 3.72. The smallest absolute Gasteiger partial charge is 0.312 e. The molecule has 0 saturated carbocycles. The molecule has 0 aliphatic carbocycles. The molecule has 1 saturated heterocycles. The molecule has 5 nitrogen and oxygen atoms in total. The molecule has 1 heterocycles. The molecule has 1 aliphatic rings. The standard InChI is InChI=1S/C22H41NO4/c1-20(2,3)16-22(7,21(4,5)6)19(25)27-15-14-26-18(24)9-8-17-10-12-23-13-11-17/h17,23H,8-16H2,1-7H3. The second kappa shape index (κ2) is 9.90. The van der Waals surface area contributed by atoms with Gasteiger partial charge in [0.1, 0.15) is 13.2 Å². The van der Waals surface area contributed by atoms with Gasteiger partial charge < -0.3 is 14.8 Å². The topological polar surface area (TPSA) is 64.6 Å². The van der Waals surface area contributed by atoms with E-state index in [-0.39, 0.29) is 36.0 Å². The van der Waals surface area contributed by atoms with Gasteiger partial charge in [-0.3, -0.25) is 9.59 Å². The molecular weight excluding hydrogens is 342 g/mol. The molecule has 1 unspecified atom stereocenters. The second-order valence-corrected chi connectivity index (χ2v) is 10.4. The van der Waals surface area contributed by atoms with Crippen LogP contribution in [0.2, 0.25) is 0 Å². The molecule has 1 rings (SSSR count). The molecule has 0 amide bonds. The molecule has 158 valence electrons. The highest BCUT2D eigenvalue weighted by atomic mass is 16.6. The zero-order chi connectivity index (χ0) is 20.7. The number of rotatable bonds is 8. The molecule has 0 aromatic carbocycles. The first-order valence-corrected chi connectivity index (χ1v) is 10.4. The normalized spacial score (nSPS) is 18.6. The van der Waals surface area contributed by atoms with Gasteiger partial charge in [0.25, 0.3) is 0 Å². The second-order valence-electron chi connectivity index (χ2n) is 10.4. The Morgan fingerprint density at radius 1 is 0.926 bits per heavy atom. The third-order valence-corrected chi connectivity index (χ3v) is 5.78. The Balaban J connectivity index is 2.37. The van der Waals surface area contributed by atoms with E-state index in [0.717, 1.165) is 38.8 Å². The molecule has 0 radical (unpaired) electrons. The number of hydrogen-bond acceptors (Lipinski definition) is 5. The molecule has 0 aromatic heterocycles. The third-order valence-electron chi connectivity index (χ3n) is 5.78. The van der Waals surface area contributed by atoms with E-state index in [9.17, 15) is 9.59 Å². The zero-order valence-corrected chi connectivity index (χ0v) is 18.6. The molecule has 1 atom stereocenters. The van der Waals surface area contributed by atoms with E-state index in [1.807, 2.05) is 6.92 Å². The predicted octanol–water partition coefficient (Wildman–Crippen LogP) is 4.34. The van der Waals surface area contributed by atoms with Gasteiger partial charge in [0, 0.05) is 6.42 Å². The minimum Gasteiger partial charge on any atom is -0.462 e. The Morgan fingerprint density at radius 3 is 2.00 bits per heavy atom. The summed E-state index contributed by atoms with van der Waals surface area (Å²) in [5.74, 6) is 0.204. The van der Waals surface area contributed by atoms with Crippen molar-refractivity contribution >= 4 is 11.9 Å². The summed E-state index contributed by atoms with van der Waals surface area (Å²) in [4.78, 5) is 24.7. The number of piperidine rings is 1. The van der Waals surface area contributed by atoms with E-state index >= 15 is 0 Å². The molecule has 1 N–H and O–H groups in total. The molecule has 0 spiro atoms. The predicted molar refractivity (Wildman–Crippen MR) is 108 cm³/mol. The maximum Gasteiger partial charge on any atom is 0.312 e. The molecule has 27 heavy (non-hydrogen) atoms. The summed E-state index contributed by atoms with van der Waals surface area (Å²) < 4.78 is 10.8. The Morgan fingerprint density at radius 2 is 1.48 bits per heavy atom. The van der Waals surface area contributed by atoms with Gasteiger partial charge in [0.15, 0.2) is 0 Å². The summed E-state index contributed by atoms with van der Waals surface area (Å²) in [6.45, 7) is 16.9. The van der Waals surface area contributed by atoms with E-state index in [4.69, 9.17) is 9.47 Å². The molecular formula is C22H41NO4. The van der Waals surface area contributed by atoms with Crippen LogP contribution in [0.1, 0.15) is 80.6 Å². The summed E-state index contributed by atoms with van der Waals surface area (Å²) in [5.41, 5.74) is -0.796. The van der Waals surface area contributed by atoms with Crippen molar-refractivity contribution in [2.75, 3.05) is 26.3 Å². The fourth-order valence-corrected chi connectivity index (χ4v) is 3.72. The van der Waals surface area contributed by atoms with Crippen molar-refractivity contribution in [1.82, 2.24) is 5.32 Å². The minimum atomic E-state index is -0.593. The van der Waals surface area contributed by atoms with Crippen molar-refractivity contribution in [3.05, 3.63) is 0 Å². The Labute approximate surface area is 165 Å². The fraction of sp³-hybridized carbons (Fsp3) is 0.909. The summed E-state index contributed by atoms with van der Waals surface area (Å²) >= 11 is 0. The SMILES string of the molecule is CC(C)(C)CC(C)(C(=O)OCCOC(=O)CCC1CCNCC1)C(C)(C)C. The number of esters is 2. The number of carbonyl (C=O) groups is 2. The van der Waals surface area contributed by atoms with Crippen LogP contribution in [-0.2, 0) is 19.1 Å². The van der Waals surface area contributed by atoms with Crippen molar-refractivity contribution in [2.24, 2.45) is 22.2 Å². The monoisotopic (exact) mass is 383 g/mol.